The second kappa shape index (κ2) is 13.5. The molecule has 1 aliphatic rings. The maximum atomic E-state index is 14.1. The van der Waals surface area contributed by atoms with Crippen LogP contribution in [0.15, 0.2) is 106 Å². The number of nitrogens with zero attached hydrogens (tertiary/aromatic N) is 2. The van der Waals surface area contributed by atoms with E-state index in [1.54, 1.807) is 47.9 Å². The van der Waals surface area contributed by atoms with Crippen molar-refractivity contribution in [3.05, 3.63) is 143 Å². The second-order valence-electron chi connectivity index (χ2n) is 9.97. The fourth-order valence-corrected chi connectivity index (χ4v) is 6.91. The van der Waals surface area contributed by atoms with Gasteiger partial charge in [0, 0.05) is 16.0 Å². The van der Waals surface area contributed by atoms with Crippen LogP contribution in [-0.4, -0.2) is 23.8 Å². The third-order valence-electron chi connectivity index (χ3n) is 7.09. The molecule has 228 valence electrons. The molecule has 1 aliphatic heterocycles. The Morgan fingerprint density at radius 2 is 1.76 bits per heavy atom. The monoisotopic (exact) mass is 640 g/mol. The number of fused-ring (bicyclic) bond motifs is 1. The zero-order valence-corrected chi connectivity index (χ0v) is 26.2. The highest BCUT2D eigenvalue weighted by molar-refractivity contribution is 7.10. The Morgan fingerprint density at radius 3 is 2.49 bits per heavy atom. The summed E-state index contributed by atoms with van der Waals surface area (Å²) in [6, 6.07) is 24.3. The molecule has 3 aromatic carbocycles. The quantitative estimate of drug-likeness (QED) is 0.172. The zero-order chi connectivity index (χ0) is 31.3. The molecule has 7 nitrogen and oxygen atoms in total. The van der Waals surface area contributed by atoms with Crippen molar-refractivity contribution in [2.45, 2.75) is 26.5 Å². The molecule has 0 fully saturated rings. The largest absolute Gasteiger partial charge is 0.490 e. The van der Waals surface area contributed by atoms with Crippen LogP contribution in [0.5, 0.6) is 11.5 Å². The van der Waals surface area contributed by atoms with Crippen molar-refractivity contribution in [3.63, 3.8) is 0 Å². The number of ether oxygens (including phenoxy) is 3. The minimum atomic E-state index is -0.703. The Morgan fingerprint density at radius 1 is 0.956 bits per heavy atom. The molecule has 0 spiro atoms. The molecule has 0 amide bonds. The highest BCUT2D eigenvalue weighted by Crippen LogP contribution is 2.37. The Kier molecular flexibility index (Phi) is 9.04. The summed E-state index contributed by atoms with van der Waals surface area (Å²) >= 11 is 2.71. The van der Waals surface area contributed by atoms with Gasteiger partial charge in [-0.25, -0.2) is 14.2 Å². The van der Waals surface area contributed by atoms with E-state index in [0.717, 1.165) is 10.4 Å². The van der Waals surface area contributed by atoms with Crippen molar-refractivity contribution < 1.29 is 23.4 Å². The van der Waals surface area contributed by atoms with Gasteiger partial charge in [0.25, 0.3) is 5.56 Å². The fourth-order valence-electron chi connectivity index (χ4n) is 5.08. The van der Waals surface area contributed by atoms with Crippen LogP contribution in [0.4, 0.5) is 4.39 Å². The molecular weight excluding hydrogens is 612 g/mol. The molecule has 0 N–H and O–H groups in total. The van der Waals surface area contributed by atoms with E-state index in [4.69, 9.17) is 19.2 Å². The molecule has 2 aromatic heterocycles. The first-order chi connectivity index (χ1) is 22.0. The van der Waals surface area contributed by atoms with Crippen LogP contribution in [0.25, 0.3) is 11.8 Å². The van der Waals surface area contributed by atoms with Gasteiger partial charge in [-0.1, -0.05) is 72.0 Å². The molecule has 5 aromatic rings. The number of benzene rings is 3. The van der Waals surface area contributed by atoms with Crippen molar-refractivity contribution in [2.24, 2.45) is 4.99 Å². The molecule has 6 rings (SSSR count). The normalized spacial score (nSPS) is 14.6. The van der Waals surface area contributed by atoms with Gasteiger partial charge in [0.05, 0.1) is 29.0 Å². The summed E-state index contributed by atoms with van der Waals surface area (Å²) < 4.78 is 33.4. The second-order valence-corrected chi connectivity index (χ2v) is 12.0. The molecule has 0 unspecified atom stereocenters. The summed E-state index contributed by atoms with van der Waals surface area (Å²) in [7, 11) is 0. The third kappa shape index (κ3) is 6.25. The number of carbonyl (C=O) groups is 1. The van der Waals surface area contributed by atoms with Crippen LogP contribution in [-0.2, 0) is 16.1 Å². The number of carbonyl (C=O) groups excluding carboxylic acids is 1. The van der Waals surface area contributed by atoms with Gasteiger partial charge in [-0.05, 0) is 55.1 Å². The standard InChI is InChI=1S/C35H29FN2O5S2/c1-3-41-27-19-22(16-17-26(27)43-21-24-13-8-9-14-25(24)36)20-29-33(39)38-32(28-15-10-18-44-28)30(34(40)42-4-2)31(37-35(38)45-29)23-11-6-5-7-12-23/h5-20,32H,3-4,21H2,1-2H3/b29-20-/t32-/m1/s1. The van der Waals surface area contributed by atoms with Crippen molar-refractivity contribution in [3.8, 4) is 11.5 Å². The Bertz CT molecular complexity index is 2050. The lowest BCUT2D eigenvalue weighted by Crippen LogP contribution is -2.39. The number of thiophene rings is 1. The smallest absolute Gasteiger partial charge is 0.338 e. The molecular formula is C35H29FN2O5S2. The summed E-state index contributed by atoms with van der Waals surface area (Å²) in [6.07, 6.45) is 1.77. The Balaban J connectivity index is 1.45. The summed E-state index contributed by atoms with van der Waals surface area (Å²) in [5.74, 6) is 0.0794. The van der Waals surface area contributed by atoms with Gasteiger partial charge < -0.3 is 14.2 Å². The van der Waals surface area contributed by atoms with Crippen molar-refractivity contribution in [2.75, 3.05) is 13.2 Å². The highest BCUT2D eigenvalue weighted by Gasteiger charge is 2.35. The van der Waals surface area contributed by atoms with Crippen LogP contribution < -0.4 is 24.4 Å². The number of thiazole rings is 1. The predicted molar refractivity (Wildman–Crippen MR) is 174 cm³/mol. The summed E-state index contributed by atoms with van der Waals surface area (Å²) in [4.78, 5) is 33.8. The number of aromatic nitrogens is 1. The number of halogens is 1. The first-order valence-corrected chi connectivity index (χ1v) is 16.1. The van der Waals surface area contributed by atoms with E-state index >= 15 is 0 Å². The first-order valence-electron chi connectivity index (χ1n) is 14.4. The van der Waals surface area contributed by atoms with E-state index in [9.17, 15) is 14.0 Å². The maximum absolute atomic E-state index is 14.1. The molecule has 1 atom stereocenters. The number of rotatable bonds is 10. The van der Waals surface area contributed by atoms with Crippen LogP contribution in [0.1, 0.15) is 41.5 Å². The zero-order valence-electron chi connectivity index (χ0n) is 24.6. The summed E-state index contributed by atoms with van der Waals surface area (Å²) in [5.41, 5.74) is 2.43. The molecule has 0 aliphatic carbocycles. The van der Waals surface area contributed by atoms with Crippen LogP contribution >= 0.6 is 22.7 Å². The minimum Gasteiger partial charge on any atom is -0.490 e. The van der Waals surface area contributed by atoms with E-state index in [1.807, 2.05) is 60.8 Å². The number of hydrogen-bond acceptors (Lipinski definition) is 8. The lowest BCUT2D eigenvalue weighted by Gasteiger charge is -2.24. The molecule has 0 bridgehead atoms. The van der Waals surface area contributed by atoms with Gasteiger partial charge in [-0.2, -0.15) is 0 Å². The van der Waals surface area contributed by atoms with Gasteiger partial charge in [-0.3, -0.25) is 9.36 Å². The fraction of sp³-hybridized carbons (Fsp3) is 0.171. The topological polar surface area (TPSA) is 79.1 Å². The minimum absolute atomic E-state index is 0.0416. The predicted octanol–water partition coefficient (Wildman–Crippen LogP) is 6.11. The molecule has 45 heavy (non-hydrogen) atoms. The molecule has 0 saturated heterocycles. The van der Waals surface area contributed by atoms with E-state index in [2.05, 4.69) is 0 Å². The van der Waals surface area contributed by atoms with Crippen molar-refractivity contribution in [1.29, 1.82) is 0 Å². The van der Waals surface area contributed by atoms with E-state index in [-0.39, 0.29) is 24.6 Å². The number of esters is 1. The summed E-state index contributed by atoms with van der Waals surface area (Å²) in [5, 5.41) is 1.92. The lowest BCUT2D eigenvalue weighted by molar-refractivity contribution is -0.138. The first kappa shape index (κ1) is 30.2. The molecule has 0 radical (unpaired) electrons. The van der Waals surface area contributed by atoms with E-state index in [1.165, 1.54) is 28.7 Å². The van der Waals surface area contributed by atoms with Gasteiger partial charge in [0.2, 0.25) is 0 Å². The molecule has 10 heteroatoms. The van der Waals surface area contributed by atoms with Gasteiger partial charge >= 0.3 is 5.97 Å². The van der Waals surface area contributed by atoms with Crippen LogP contribution in [0.3, 0.4) is 0 Å². The Labute approximate surface area is 266 Å². The highest BCUT2D eigenvalue weighted by atomic mass is 32.1. The van der Waals surface area contributed by atoms with Crippen LogP contribution in [0.2, 0.25) is 0 Å². The SMILES string of the molecule is CCOC(=O)C1=C(c2ccccc2)N=c2s/c(=C\c3ccc(OCc4ccccc4F)c(OCC)c3)c(=O)n2[C@@H]1c1cccs1. The van der Waals surface area contributed by atoms with E-state index in [0.29, 0.717) is 49.8 Å². The lowest BCUT2D eigenvalue weighted by atomic mass is 9.97. The van der Waals surface area contributed by atoms with Gasteiger partial charge in [0.15, 0.2) is 16.3 Å². The third-order valence-corrected chi connectivity index (χ3v) is 9.00. The number of hydrogen-bond donors (Lipinski definition) is 0. The molecule has 0 saturated carbocycles. The van der Waals surface area contributed by atoms with Crippen LogP contribution in [0, 0.1) is 5.82 Å². The van der Waals surface area contributed by atoms with Crippen molar-refractivity contribution in [1.82, 2.24) is 4.57 Å². The summed E-state index contributed by atoms with van der Waals surface area (Å²) in [6.45, 7) is 4.24. The average molecular weight is 641 g/mol. The molecule has 3 heterocycles. The Hall–Kier alpha value is -4.80. The maximum Gasteiger partial charge on any atom is 0.338 e. The average Bonchev–Trinajstić information content (AvgIpc) is 3.69. The van der Waals surface area contributed by atoms with Gasteiger partial charge in [0.1, 0.15) is 18.5 Å². The van der Waals surface area contributed by atoms with E-state index < -0.39 is 12.0 Å². The van der Waals surface area contributed by atoms with Gasteiger partial charge in [-0.15, -0.1) is 11.3 Å². The van der Waals surface area contributed by atoms with Crippen molar-refractivity contribution >= 4 is 40.4 Å².